The number of carbonyl (C=O) groups excluding carboxylic acids is 2. The summed E-state index contributed by atoms with van der Waals surface area (Å²) in [5.74, 6) is 0.263. The number of esters is 1. The summed E-state index contributed by atoms with van der Waals surface area (Å²) < 4.78 is 5.74. The second-order valence-electron chi connectivity index (χ2n) is 5.10. The van der Waals surface area contributed by atoms with Gasteiger partial charge < -0.3 is 15.4 Å². The molecule has 1 aromatic rings. The van der Waals surface area contributed by atoms with Gasteiger partial charge >= 0.3 is 5.97 Å². The average molecular weight is 356 g/mol. The number of nitrogens with two attached hydrogens (primary N) is 1. The summed E-state index contributed by atoms with van der Waals surface area (Å²) in [6, 6.07) is 3.95. The number of halogens is 1. The van der Waals surface area contributed by atoms with Crippen molar-refractivity contribution >= 4 is 33.6 Å². The third kappa shape index (κ3) is 5.00. The molecule has 2 rings (SSSR count). The van der Waals surface area contributed by atoms with Crippen molar-refractivity contribution in [2.45, 2.75) is 19.3 Å². The SMILES string of the molecule is NC(=O)COC(=O)CC1CCN(c2ccc(Br)cn2)CC1. The predicted molar refractivity (Wildman–Crippen MR) is 81.6 cm³/mol. The van der Waals surface area contributed by atoms with Gasteiger partial charge in [-0.25, -0.2) is 4.98 Å². The number of anilines is 1. The molecule has 21 heavy (non-hydrogen) atoms. The van der Waals surface area contributed by atoms with Crippen LogP contribution in [0.5, 0.6) is 0 Å². The highest BCUT2D eigenvalue weighted by Crippen LogP contribution is 2.24. The quantitative estimate of drug-likeness (QED) is 0.808. The van der Waals surface area contributed by atoms with Gasteiger partial charge in [-0.05, 0) is 46.8 Å². The summed E-state index contributed by atoms with van der Waals surface area (Å²) in [5, 5.41) is 0. The van der Waals surface area contributed by atoms with Gasteiger partial charge in [-0.3, -0.25) is 9.59 Å². The van der Waals surface area contributed by atoms with Gasteiger partial charge in [-0.2, -0.15) is 0 Å². The number of carbonyl (C=O) groups is 2. The Bertz CT molecular complexity index is 499. The maximum absolute atomic E-state index is 11.5. The molecule has 0 spiro atoms. The fourth-order valence-corrected chi connectivity index (χ4v) is 2.60. The molecule has 0 saturated carbocycles. The molecule has 0 atom stereocenters. The van der Waals surface area contributed by atoms with Crippen LogP contribution in [0.25, 0.3) is 0 Å². The van der Waals surface area contributed by atoms with Crippen molar-refractivity contribution < 1.29 is 14.3 Å². The van der Waals surface area contributed by atoms with E-state index in [9.17, 15) is 9.59 Å². The minimum absolute atomic E-state index is 0.289. The zero-order valence-corrected chi connectivity index (χ0v) is 13.2. The molecule has 7 heteroatoms. The van der Waals surface area contributed by atoms with E-state index < -0.39 is 5.91 Å². The summed E-state index contributed by atoms with van der Waals surface area (Å²) in [7, 11) is 0. The third-order valence-corrected chi connectivity index (χ3v) is 3.95. The van der Waals surface area contributed by atoms with E-state index in [4.69, 9.17) is 10.5 Å². The normalized spacial score (nSPS) is 15.8. The molecule has 0 unspecified atom stereocenters. The van der Waals surface area contributed by atoms with E-state index in [1.165, 1.54) is 0 Å². The Morgan fingerprint density at radius 2 is 2.10 bits per heavy atom. The van der Waals surface area contributed by atoms with E-state index in [2.05, 4.69) is 25.8 Å². The molecule has 114 valence electrons. The van der Waals surface area contributed by atoms with Gasteiger partial charge in [0.05, 0.1) is 0 Å². The number of nitrogens with zero attached hydrogens (tertiary/aromatic N) is 2. The number of primary amides is 1. The van der Waals surface area contributed by atoms with E-state index in [0.29, 0.717) is 6.42 Å². The van der Waals surface area contributed by atoms with Gasteiger partial charge in [0.25, 0.3) is 5.91 Å². The van der Waals surface area contributed by atoms with Crippen molar-refractivity contribution in [3.8, 4) is 0 Å². The Labute approximate surface area is 131 Å². The molecule has 1 fully saturated rings. The van der Waals surface area contributed by atoms with Crippen LogP contribution in [0, 0.1) is 5.92 Å². The molecular weight excluding hydrogens is 338 g/mol. The molecule has 0 aromatic carbocycles. The van der Waals surface area contributed by atoms with Crippen LogP contribution in [0.1, 0.15) is 19.3 Å². The number of hydrogen-bond donors (Lipinski definition) is 1. The Hall–Kier alpha value is -1.63. The second kappa shape index (κ2) is 7.40. The van der Waals surface area contributed by atoms with Crippen LogP contribution in [0.15, 0.2) is 22.8 Å². The maximum Gasteiger partial charge on any atom is 0.306 e. The zero-order chi connectivity index (χ0) is 15.2. The molecule has 1 aliphatic rings. The first kappa shape index (κ1) is 15.8. The van der Waals surface area contributed by atoms with Crippen LogP contribution in [0.3, 0.4) is 0 Å². The van der Waals surface area contributed by atoms with Crippen LogP contribution in [0.2, 0.25) is 0 Å². The van der Waals surface area contributed by atoms with Crippen molar-refractivity contribution in [3.63, 3.8) is 0 Å². The molecule has 0 bridgehead atoms. The Morgan fingerprint density at radius 1 is 1.38 bits per heavy atom. The lowest BCUT2D eigenvalue weighted by Gasteiger charge is -2.32. The third-order valence-electron chi connectivity index (χ3n) is 3.48. The first-order chi connectivity index (χ1) is 10.0. The topological polar surface area (TPSA) is 85.5 Å². The Morgan fingerprint density at radius 3 is 2.67 bits per heavy atom. The molecule has 2 N–H and O–H groups in total. The highest BCUT2D eigenvalue weighted by Gasteiger charge is 2.23. The summed E-state index contributed by atoms with van der Waals surface area (Å²) in [5.41, 5.74) is 4.93. The van der Waals surface area contributed by atoms with Crippen LogP contribution >= 0.6 is 15.9 Å². The number of hydrogen-bond acceptors (Lipinski definition) is 5. The van der Waals surface area contributed by atoms with Crippen LogP contribution in [0.4, 0.5) is 5.82 Å². The van der Waals surface area contributed by atoms with Crippen LogP contribution in [-0.4, -0.2) is 36.6 Å². The molecule has 1 aromatic heterocycles. The first-order valence-corrected chi connectivity index (χ1v) is 7.64. The summed E-state index contributed by atoms with van der Waals surface area (Å²) in [6.07, 6.45) is 3.93. The maximum atomic E-state index is 11.5. The molecule has 1 aliphatic heterocycles. The predicted octanol–water partition coefficient (Wildman–Crippen LogP) is 1.48. The van der Waals surface area contributed by atoms with Crippen molar-refractivity contribution in [2.24, 2.45) is 11.7 Å². The number of rotatable bonds is 5. The average Bonchev–Trinajstić information content (AvgIpc) is 2.47. The van der Waals surface area contributed by atoms with Crippen LogP contribution in [-0.2, 0) is 14.3 Å². The van der Waals surface area contributed by atoms with E-state index >= 15 is 0 Å². The van der Waals surface area contributed by atoms with Gasteiger partial charge in [0.2, 0.25) is 0 Å². The van der Waals surface area contributed by atoms with Crippen LogP contribution < -0.4 is 10.6 Å². The summed E-state index contributed by atoms with van der Waals surface area (Å²) >= 11 is 3.37. The molecule has 2 heterocycles. The fraction of sp³-hybridized carbons (Fsp3) is 0.500. The number of ether oxygens (including phenoxy) is 1. The van der Waals surface area contributed by atoms with Gasteiger partial charge in [-0.15, -0.1) is 0 Å². The van der Waals surface area contributed by atoms with Gasteiger partial charge in [-0.1, -0.05) is 0 Å². The van der Waals surface area contributed by atoms with E-state index in [-0.39, 0.29) is 18.5 Å². The highest BCUT2D eigenvalue weighted by molar-refractivity contribution is 9.10. The first-order valence-electron chi connectivity index (χ1n) is 6.85. The number of aromatic nitrogens is 1. The van der Waals surface area contributed by atoms with Gasteiger partial charge in [0.1, 0.15) is 5.82 Å². The van der Waals surface area contributed by atoms with Crippen molar-refractivity contribution in [2.75, 3.05) is 24.6 Å². The largest absolute Gasteiger partial charge is 0.456 e. The lowest BCUT2D eigenvalue weighted by molar-refractivity contribution is -0.148. The molecule has 1 amide bonds. The highest BCUT2D eigenvalue weighted by atomic mass is 79.9. The number of amides is 1. The van der Waals surface area contributed by atoms with Gasteiger partial charge in [0.15, 0.2) is 6.61 Å². The lowest BCUT2D eigenvalue weighted by atomic mass is 9.93. The van der Waals surface area contributed by atoms with Crippen molar-refractivity contribution in [1.29, 1.82) is 0 Å². The summed E-state index contributed by atoms with van der Waals surface area (Å²) in [6.45, 7) is 1.39. The molecule has 0 aliphatic carbocycles. The minimum Gasteiger partial charge on any atom is -0.456 e. The molecule has 1 saturated heterocycles. The van der Waals surface area contributed by atoms with Crippen molar-refractivity contribution in [3.05, 3.63) is 22.8 Å². The van der Waals surface area contributed by atoms with Gasteiger partial charge in [0, 0.05) is 30.2 Å². The van der Waals surface area contributed by atoms with Crippen molar-refractivity contribution in [1.82, 2.24) is 4.98 Å². The minimum atomic E-state index is -0.625. The number of piperidine rings is 1. The smallest absolute Gasteiger partial charge is 0.306 e. The Kier molecular flexibility index (Phi) is 5.55. The van der Waals surface area contributed by atoms with E-state index in [0.717, 1.165) is 36.2 Å². The summed E-state index contributed by atoms with van der Waals surface area (Å²) in [4.78, 5) is 28.7. The monoisotopic (exact) mass is 355 g/mol. The molecule has 6 nitrogen and oxygen atoms in total. The van der Waals surface area contributed by atoms with E-state index in [1.54, 1.807) is 6.20 Å². The standard InChI is InChI=1S/C14H18BrN3O3/c15-11-1-2-13(17-8-11)18-5-3-10(4-6-18)7-14(20)21-9-12(16)19/h1-2,8,10H,3-7,9H2,(H2,16,19). The lowest BCUT2D eigenvalue weighted by Crippen LogP contribution is -2.35. The second-order valence-corrected chi connectivity index (χ2v) is 6.01. The fourth-order valence-electron chi connectivity index (χ4n) is 2.37. The van der Waals surface area contributed by atoms with E-state index in [1.807, 2.05) is 12.1 Å². The Balaban J connectivity index is 1.76. The molecule has 0 radical (unpaired) electrons. The number of pyridine rings is 1. The molecular formula is C14H18BrN3O3. The zero-order valence-electron chi connectivity index (χ0n) is 11.6.